The van der Waals surface area contributed by atoms with Gasteiger partial charge in [-0.15, -0.1) is 0 Å². The van der Waals surface area contributed by atoms with Crippen molar-refractivity contribution >= 4 is 28.2 Å². The van der Waals surface area contributed by atoms with E-state index in [4.69, 9.17) is 36.2 Å². The highest BCUT2D eigenvalue weighted by atomic mass is 31.3. The minimum atomic E-state index is -3.01. The van der Waals surface area contributed by atoms with E-state index in [9.17, 15) is 0 Å². The Labute approximate surface area is 184 Å². The lowest BCUT2D eigenvalue weighted by atomic mass is 10.5. The molecule has 0 N–H and O–H groups in total. The van der Waals surface area contributed by atoms with Gasteiger partial charge in [-0.3, -0.25) is 0 Å². The fourth-order valence-corrected chi connectivity index (χ4v) is 13.5. The lowest BCUT2D eigenvalue weighted by Crippen LogP contribution is -2.09. The largest absolute Gasteiger partial charge is 0.346 e. The third-order valence-corrected chi connectivity index (χ3v) is 13.0. The topological polar surface area (TPSA) is 80.1 Å². The van der Waals surface area contributed by atoms with Crippen LogP contribution in [-0.2, 0) is 27.1 Å². The molecule has 0 aromatic rings. The van der Waals surface area contributed by atoms with Gasteiger partial charge < -0.3 is 27.1 Å². The summed E-state index contributed by atoms with van der Waals surface area (Å²) in [6.45, 7) is 15.5. The summed E-state index contributed by atoms with van der Waals surface area (Å²) < 4.78 is 47.6. The maximum absolute atomic E-state index is 6.29. The Morgan fingerprint density at radius 2 is 0.867 bits per heavy atom. The van der Waals surface area contributed by atoms with E-state index in [1.807, 2.05) is 5.54 Å². The van der Waals surface area contributed by atoms with E-state index in [1.165, 1.54) is 0 Å². The van der Waals surface area contributed by atoms with Crippen molar-refractivity contribution in [1.29, 1.82) is 0 Å². The minimum absolute atomic E-state index is 0.494. The Morgan fingerprint density at radius 1 is 0.500 bits per heavy atom. The average Bonchev–Trinajstić information content (AvgIpc) is 2.76. The molecule has 0 unspecified atom stereocenters. The number of rotatable bonds is 18. The SMILES string of the molecule is CCCOP1(OCCC)=CP(OCCC)(OCCC)=NP(OCCC)(OCCC)=N1. The molecular formula is C19H43N2O6P3. The number of nitrogens with zero attached hydrogens (tertiary/aromatic N) is 2. The molecule has 0 amide bonds. The van der Waals surface area contributed by atoms with Crippen LogP contribution in [0.5, 0.6) is 0 Å². The van der Waals surface area contributed by atoms with Crippen LogP contribution in [0.4, 0.5) is 0 Å². The first kappa shape index (κ1) is 28.6. The van der Waals surface area contributed by atoms with E-state index >= 15 is 0 Å². The van der Waals surface area contributed by atoms with Gasteiger partial charge in [-0.25, -0.2) is 0 Å². The second kappa shape index (κ2) is 15.4. The first-order valence-electron chi connectivity index (χ1n) is 11.4. The zero-order valence-electron chi connectivity index (χ0n) is 19.7. The zero-order chi connectivity index (χ0) is 22.3. The van der Waals surface area contributed by atoms with Gasteiger partial charge in [0.25, 0.3) is 15.0 Å². The molecule has 8 nitrogen and oxygen atoms in total. The molecule has 11 heteroatoms. The lowest BCUT2D eigenvalue weighted by Gasteiger charge is -2.34. The van der Waals surface area contributed by atoms with Crippen LogP contribution in [0.3, 0.4) is 0 Å². The van der Waals surface area contributed by atoms with Crippen molar-refractivity contribution in [2.24, 2.45) is 9.03 Å². The second-order valence-electron chi connectivity index (χ2n) is 6.91. The zero-order valence-corrected chi connectivity index (χ0v) is 22.4. The van der Waals surface area contributed by atoms with E-state index in [0.717, 1.165) is 38.5 Å². The van der Waals surface area contributed by atoms with Gasteiger partial charge in [-0.2, -0.15) is 9.03 Å². The highest BCUT2D eigenvalue weighted by molar-refractivity contribution is 7.94. The molecule has 0 saturated heterocycles. The van der Waals surface area contributed by atoms with Crippen molar-refractivity contribution in [1.82, 2.24) is 0 Å². The van der Waals surface area contributed by atoms with Crippen LogP contribution < -0.4 is 0 Å². The molecule has 0 aromatic carbocycles. The summed E-state index contributed by atoms with van der Waals surface area (Å²) in [4.78, 5) is 0. The van der Waals surface area contributed by atoms with Crippen molar-refractivity contribution in [3.8, 4) is 0 Å². The summed E-state index contributed by atoms with van der Waals surface area (Å²) in [5, 5.41) is 0. The Kier molecular flexibility index (Phi) is 14.6. The molecule has 180 valence electrons. The summed E-state index contributed by atoms with van der Waals surface area (Å²) in [6.07, 6.45) is 5.08. The molecule has 1 aliphatic rings. The molecule has 0 atom stereocenters. The predicted molar refractivity (Wildman–Crippen MR) is 129 cm³/mol. The summed E-state index contributed by atoms with van der Waals surface area (Å²) in [6, 6.07) is 0. The maximum atomic E-state index is 6.29. The molecule has 1 rings (SSSR count). The standard InChI is InChI=1S/C19H43N2O6P3/c1-7-13-22-28(23-14-8-2)19-29(24-15-9-3,25-16-10-4)21-30(20-28,26-17-11-5)27-18-12-6/h19H,7-18H2,1-6H3. The van der Waals surface area contributed by atoms with Crippen molar-refractivity contribution in [2.75, 3.05) is 39.6 Å². The first-order valence-corrected chi connectivity index (χ1v) is 16.2. The van der Waals surface area contributed by atoms with Gasteiger partial charge in [0.05, 0.1) is 45.2 Å². The van der Waals surface area contributed by atoms with Crippen LogP contribution in [0.25, 0.3) is 0 Å². The van der Waals surface area contributed by atoms with Crippen LogP contribution in [-0.4, -0.2) is 45.2 Å². The van der Waals surface area contributed by atoms with Crippen LogP contribution in [0.1, 0.15) is 80.1 Å². The third-order valence-electron chi connectivity index (χ3n) is 3.62. The van der Waals surface area contributed by atoms with Gasteiger partial charge in [0.15, 0.2) is 0 Å². The van der Waals surface area contributed by atoms with Crippen LogP contribution in [0.2, 0.25) is 0 Å². The van der Waals surface area contributed by atoms with E-state index in [2.05, 4.69) is 41.5 Å². The van der Waals surface area contributed by atoms with Crippen LogP contribution in [0, 0.1) is 0 Å². The van der Waals surface area contributed by atoms with Crippen molar-refractivity contribution in [3.05, 3.63) is 0 Å². The molecule has 1 heterocycles. The van der Waals surface area contributed by atoms with Crippen molar-refractivity contribution in [3.63, 3.8) is 0 Å². The molecule has 0 saturated carbocycles. The summed E-state index contributed by atoms with van der Waals surface area (Å²) in [5.41, 5.74) is 1.92. The van der Waals surface area contributed by atoms with Crippen molar-refractivity contribution in [2.45, 2.75) is 80.1 Å². The maximum Gasteiger partial charge on any atom is 0.346 e. The molecule has 0 fully saturated rings. The predicted octanol–water partition coefficient (Wildman–Crippen LogP) is 8.06. The molecule has 1 aliphatic heterocycles. The molecule has 0 spiro atoms. The molecule has 0 bridgehead atoms. The van der Waals surface area contributed by atoms with Gasteiger partial charge in [0, 0.05) is 0 Å². The Hall–Kier alpha value is 0.520. The van der Waals surface area contributed by atoms with Gasteiger partial charge in [0.2, 0.25) is 0 Å². The molecule has 0 radical (unpaired) electrons. The first-order chi connectivity index (χ1) is 14.5. The molecule has 30 heavy (non-hydrogen) atoms. The van der Waals surface area contributed by atoms with Crippen LogP contribution in [0.15, 0.2) is 9.03 Å². The second-order valence-corrected chi connectivity index (χ2v) is 14.1. The molecule has 0 aromatic heterocycles. The smallest absolute Gasteiger partial charge is 0.320 e. The fourth-order valence-electron chi connectivity index (χ4n) is 2.32. The van der Waals surface area contributed by atoms with Crippen LogP contribution >= 0.6 is 22.7 Å². The summed E-state index contributed by atoms with van der Waals surface area (Å²) >= 11 is 0. The monoisotopic (exact) mass is 488 g/mol. The highest BCUT2D eigenvalue weighted by Gasteiger charge is 2.40. The molecular weight excluding hydrogens is 445 g/mol. The Bertz CT molecular complexity index is 504. The highest BCUT2D eigenvalue weighted by Crippen LogP contribution is 2.77. The van der Waals surface area contributed by atoms with Gasteiger partial charge in [-0.1, -0.05) is 41.5 Å². The van der Waals surface area contributed by atoms with Gasteiger partial charge in [0.1, 0.15) is 0 Å². The lowest BCUT2D eigenvalue weighted by molar-refractivity contribution is 0.225. The van der Waals surface area contributed by atoms with E-state index < -0.39 is 22.7 Å². The Morgan fingerprint density at radius 3 is 1.27 bits per heavy atom. The normalized spacial score (nSPS) is 19.0. The minimum Gasteiger partial charge on any atom is -0.320 e. The molecule has 0 aliphatic carbocycles. The number of hydrogen-bond acceptors (Lipinski definition) is 8. The van der Waals surface area contributed by atoms with Gasteiger partial charge >= 0.3 is 7.66 Å². The third kappa shape index (κ3) is 9.17. The average molecular weight is 488 g/mol. The quantitative estimate of drug-likeness (QED) is 0.182. The van der Waals surface area contributed by atoms with Crippen molar-refractivity contribution < 1.29 is 27.1 Å². The number of hydrogen-bond donors (Lipinski definition) is 0. The Balaban J connectivity index is 3.71. The summed E-state index contributed by atoms with van der Waals surface area (Å²) in [7, 11) is -8.65. The van der Waals surface area contributed by atoms with E-state index in [-0.39, 0.29) is 0 Å². The summed E-state index contributed by atoms with van der Waals surface area (Å²) in [5.74, 6) is 0. The fraction of sp³-hybridized carbons (Fsp3) is 0.947. The van der Waals surface area contributed by atoms with E-state index in [0.29, 0.717) is 39.6 Å². The van der Waals surface area contributed by atoms with Gasteiger partial charge in [-0.05, 0) is 38.5 Å². The van der Waals surface area contributed by atoms with E-state index in [1.54, 1.807) is 0 Å².